The molecule has 2 aromatic rings. The SMILES string of the molecule is CCCc1cnc(C2Cc3cc(OC)ccc3N2C(=O)[C@H](C)N)[nH]1. The zero-order valence-electron chi connectivity index (χ0n) is 14.4. The van der Waals surface area contributed by atoms with E-state index in [0.29, 0.717) is 6.42 Å². The number of fused-ring (bicyclic) bond motifs is 1. The Hall–Kier alpha value is -2.34. The smallest absolute Gasteiger partial charge is 0.244 e. The first kappa shape index (κ1) is 16.5. The Labute approximate surface area is 142 Å². The molecule has 0 aliphatic carbocycles. The zero-order chi connectivity index (χ0) is 17.3. The molecular formula is C18H24N4O2. The van der Waals surface area contributed by atoms with Gasteiger partial charge in [0.05, 0.1) is 19.2 Å². The molecule has 6 heteroatoms. The van der Waals surface area contributed by atoms with Crippen molar-refractivity contribution in [2.24, 2.45) is 5.73 Å². The van der Waals surface area contributed by atoms with Gasteiger partial charge in [0.1, 0.15) is 11.6 Å². The van der Waals surface area contributed by atoms with Crippen LogP contribution in [0.5, 0.6) is 5.75 Å². The number of nitrogens with two attached hydrogens (primary N) is 1. The van der Waals surface area contributed by atoms with E-state index in [4.69, 9.17) is 10.5 Å². The van der Waals surface area contributed by atoms with Crippen LogP contribution in [0.2, 0.25) is 0 Å². The van der Waals surface area contributed by atoms with Gasteiger partial charge >= 0.3 is 0 Å². The second kappa shape index (κ2) is 6.65. The number of aryl methyl sites for hydroxylation is 1. The van der Waals surface area contributed by atoms with Crippen LogP contribution in [0.25, 0.3) is 0 Å². The molecule has 0 fully saturated rings. The number of hydrogen-bond donors (Lipinski definition) is 2. The number of anilines is 1. The van der Waals surface area contributed by atoms with Crippen molar-refractivity contribution in [3.8, 4) is 5.75 Å². The van der Waals surface area contributed by atoms with Crippen molar-refractivity contribution in [1.82, 2.24) is 9.97 Å². The van der Waals surface area contributed by atoms with E-state index in [-0.39, 0.29) is 11.9 Å². The molecule has 24 heavy (non-hydrogen) atoms. The van der Waals surface area contributed by atoms with Gasteiger partial charge in [-0.05, 0) is 37.1 Å². The number of aromatic amines is 1. The quantitative estimate of drug-likeness (QED) is 0.882. The van der Waals surface area contributed by atoms with E-state index in [1.807, 2.05) is 24.4 Å². The number of nitrogens with zero attached hydrogens (tertiary/aromatic N) is 2. The Morgan fingerprint density at radius 3 is 3.00 bits per heavy atom. The lowest BCUT2D eigenvalue weighted by Gasteiger charge is -2.26. The van der Waals surface area contributed by atoms with Crippen LogP contribution in [-0.4, -0.2) is 29.0 Å². The number of benzene rings is 1. The fourth-order valence-corrected chi connectivity index (χ4v) is 3.21. The highest BCUT2D eigenvalue weighted by molar-refractivity contribution is 5.99. The Balaban J connectivity index is 1.99. The lowest BCUT2D eigenvalue weighted by atomic mass is 10.1. The van der Waals surface area contributed by atoms with Gasteiger partial charge < -0.3 is 15.5 Å². The van der Waals surface area contributed by atoms with Crippen LogP contribution in [0.15, 0.2) is 24.4 Å². The highest BCUT2D eigenvalue weighted by Gasteiger charge is 2.37. The molecule has 0 saturated heterocycles. The molecule has 1 aromatic carbocycles. The molecule has 1 unspecified atom stereocenters. The first-order valence-electron chi connectivity index (χ1n) is 8.34. The number of H-pyrrole nitrogens is 1. The normalized spacial score (nSPS) is 17.7. The number of nitrogens with one attached hydrogen (secondary N) is 1. The van der Waals surface area contributed by atoms with Gasteiger partial charge in [-0.15, -0.1) is 0 Å². The fraction of sp³-hybridized carbons (Fsp3) is 0.444. The Morgan fingerprint density at radius 1 is 1.54 bits per heavy atom. The Morgan fingerprint density at radius 2 is 2.33 bits per heavy atom. The van der Waals surface area contributed by atoms with Gasteiger partial charge in [-0.1, -0.05) is 13.3 Å². The summed E-state index contributed by atoms with van der Waals surface area (Å²) in [6.45, 7) is 3.84. The number of aromatic nitrogens is 2. The third-order valence-electron chi connectivity index (χ3n) is 4.38. The fourth-order valence-electron chi connectivity index (χ4n) is 3.21. The van der Waals surface area contributed by atoms with Gasteiger partial charge in [0.15, 0.2) is 0 Å². The minimum atomic E-state index is -0.564. The summed E-state index contributed by atoms with van der Waals surface area (Å²) < 4.78 is 5.31. The van der Waals surface area contributed by atoms with Crippen LogP contribution in [0.4, 0.5) is 5.69 Å². The Bertz CT molecular complexity index is 738. The van der Waals surface area contributed by atoms with E-state index < -0.39 is 6.04 Å². The molecule has 1 aromatic heterocycles. The molecule has 0 spiro atoms. The summed E-state index contributed by atoms with van der Waals surface area (Å²) in [5.74, 6) is 1.49. The Kier molecular flexibility index (Phi) is 4.57. The van der Waals surface area contributed by atoms with Crippen LogP contribution in [-0.2, 0) is 17.6 Å². The minimum absolute atomic E-state index is 0.0997. The summed E-state index contributed by atoms with van der Waals surface area (Å²) in [4.78, 5) is 22.4. The van der Waals surface area contributed by atoms with E-state index >= 15 is 0 Å². The second-order valence-electron chi connectivity index (χ2n) is 6.26. The van der Waals surface area contributed by atoms with Crippen molar-refractivity contribution < 1.29 is 9.53 Å². The number of carbonyl (C=O) groups is 1. The topological polar surface area (TPSA) is 84.2 Å². The van der Waals surface area contributed by atoms with E-state index in [2.05, 4.69) is 16.9 Å². The highest BCUT2D eigenvalue weighted by Crippen LogP contribution is 2.41. The summed E-state index contributed by atoms with van der Waals surface area (Å²) in [6, 6.07) is 5.05. The average molecular weight is 328 g/mol. The van der Waals surface area contributed by atoms with Gasteiger partial charge in [0, 0.05) is 24.0 Å². The number of amides is 1. The molecule has 2 atom stereocenters. The van der Waals surface area contributed by atoms with Crippen molar-refractivity contribution in [2.75, 3.05) is 12.0 Å². The average Bonchev–Trinajstić information content (AvgIpc) is 3.17. The van der Waals surface area contributed by atoms with Crippen molar-refractivity contribution in [1.29, 1.82) is 0 Å². The minimum Gasteiger partial charge on any atom is -0.497 e. The molecule has 1 amide bonds. The number of methoxy groups -OCH3 is 1. The molecule has 0 radical (unpaired) electrons. The maximum atomic E-state index is 12.7. The first-order chi connectivity index (χ1) is 11.5. The van der Waals surface area contributed by atoms with Crippen molar-refractivity contribution >= 4 is 11.6 Å². The number of carbonyl (C=O) groups excluding carboxylic acids is 1. The van der Waals surface area contributed by atoms with Gasteiger partial charge in [0.25, 0.3) is 0 Å². The lowest BCUT2D eigenvalue weighted by molar-refractivity contribution is -0.119. The van der Waals surface area contributed by atoms with E-state index in [9.17, 15) is 4.79 Å². The molecule has 0 saturated carbocycles. The summed E-state index contributed by atoms with van der Waals surface area (Å²) >= 11 is 0. The summed E-state index contributed by atoms with van der Waals surface area (Å²) in [6.07, 6.45) is 4.55. The van der Waals surface area contributed by atoms with Crippen LogP contribution in [0, 0.1) is 0 Å². The van der Waals surface area contributed by atoms with Crippen LogP contribution in [0.3, 0.4) is 0 Å². The van der Waals surface area contributed by atoms with Crippen LogP contribution >= 0.6 is 0 Å². The van der Waals surface area contributed by atoms with Gasteiger partial charge in [0.2, 0.25) is 5.91 Å². The molecule has 3 N–H and O–H groups in total. The molecule has 1 aliphatic heterocycles. The second-order valence-corrected chi connectivity index (χ2v) is 6.26. The predicted octanol–water partition coefficient (Wildman–Crippen LogP) is 2.35. The monoisotopic (exact) mass is 328 g/mol. The lowest BCUT2D eigenvalue weighted by Crippen LogP contribution is -2.43. The molecule has 0 bridgehead atoms. The summed E-state index contributed by atoms with van der Waals surface area (Å²) in [5, 5.41) is 0. The zero-order valence-corrected chi connectivity index (χ0v) is 14.4. The number of hydrogen-bond acceptors (Lipinski definition) is 4. The van der Waals surface area contributed by atoms with Gasteiger partial charge in [-0.25, -0.2) is 4.98 Å². The molecule has 2 heterocycles. The maximum Gasteiger partial charge on any atom is 0.244 e. The number of imidazole rings is 1. The summed E-state index contributed by atoms with van der Waals surface area (Å²) in [7, 11) is 1.64. The highest BCUT2D eigenvalue weighted by atomic mass is 16.5. The van der Waals surface area contributed by atoms with Crippen LogP contribution in [0.1, 0.15) is 43.4 Å². The third-order valence-corrected chi connectivity index (χ3v) is 4.38. The third kappa shape index (κ3) is 2.89. The predicted molar refractivity (Wildman–Crippen MR) is 93.2 cm³/mol. The van der Waals surface area contributed by atoms with Crippen molar-refractivity contribution in [3.05, 3.63) is 41.5 Å². The van der Waals surface area contributed by atoms with E-state index in [1.165, 1.54) is 0 Å². The van der Waals surface area contributed by atoms with Crippen LogP contribution < -0.4 is 15.4 Å². The number of rotatable bonds is 5. The van der Waals surface area contributed by atoms with Gasteiger partial charge in [-0.2, -0.15) is 0 Å². The molecule has 6 nitrogen and oxygen atoms in total. The van der Waals surface area contributed by atoms with Crippen molar-refractivity contribution in [2.45, 2.75) is 45.2 Å². The number of ether oxygens (including phenoxy) is 1. The van der Waals surface area contributed by atoms with Gasteiger partial charge in [-0.3, -0.25) is 9.69 Å². The molecular weight excluding hydrogens is 304 g/mol. The van der Waals surface area contributed by atoms with E-state index in [0.717, 1.165) is 41.4 Å². The largest absolute Gasteiger partial charge is 0.497 e. The first-order valence-corrected chi connectivity index (χ1v) is 8.34. The molecule has 3 rings (SSSR count). The van der Waals surface area contributed by atoms with Crippen molar-refractivity contribution in [3.63, 3.8) is 0 Å². The standard InChI is InChI=1S/C18H24N4O2/c1-4-5-13-10-20-17(21-13)16-9-12-8-14(24-3)6-7-15(12)22(16)18(23)11(2)19/h6-8,10-11,16H,4-5,9,19H2,1-3H3,(H,20,21)/t11-,16?/m0/s1. The van der Waals surface area contributed by atoms with E-state index in [1.54, 1.807) is 18.9 Å². The molecule has 1 aliphatic rings. The summed E-state index contributed by atoms with van der Waals surface area (Å²) in [5.41, 5.74) is 8.92. The maximum absolute atomic E-state index is 12.7. The molecule has 128 valence electrons.